The molecule has 1 unspecified atom stereocenters. The maximum atomic E-state index is 4.52. The number of fused-ring (bicyclic) bond motifs is 1. The van der Waals surface area contributed by atoms with E-state index in [1.54, 1.807) is 0 Å². The fourth-order valence-corrected chi connectivity index (χ4v) is 2.58. The van der Waals surface area contributed by atoms with E-state index >= 15 is 0 Å². The molecule has 2 aromatic rings. The molecule has 0 radical (unpaired) electrons. The number of piperidine rings is 1. The molecule has 16 heavy (non-hydrogen) atoms. The largest absolute Gasteiger partial charge is 0.346 e. The zero-order chi connectivity index (χ0) is 11.0. The highest BCUT2D eigenvalue weighted by Crippen LogP contribution is 2.29. The standard InChI is InChI=1S/C13H17N3/c1-9-4-5-11-12(8-15-13(11)16-9)10-3-2-6-14-7-10/h4-5,8,10,14H,2-3,6-7H2,1H3,(H,15,16). The summed E-state index contributed by atoms with van der Waals surface area (Å²) < 4.78 is 0. The molecule has 84 valence electrons. The second kappa shape index (κ2) is 3.91. The Labute approximate surface area is 95.3 Å². The van der Waals surface area contributed by atoms with Crippen LogP contribution in [0.2, 0.25) is 0 Å². The van der Waals surface area contributed by atoms with Gasteiger partial charge in [-0.1, -0.05) is 0 Å². The monoisotopic (exact) mass is 215 g/mol. The van der Waals surface area contributed by atoms with Crippen LogP contribution in [0.1, 0.15) is 30.0 Å². The molecule has 0 spiro atoms. The number of aromatic nitrogens is 2. The smallest absolute Gasteiger partial charge is 0.137 e. The minimum Gasteiger partial charge on any atom is -0.346 e. The number of hydrogen-bond donors (Lipinski definition) is 2. The number of H-pyrrole nitrogens is 1. The quantitative estimate of drug-likeness (QED) is 0.766. The minimum atomic E-state index is 0.645. The summed E-state index contributed by atoms with van der Waals surface area (Å²) in [5.74, 6) is 0.645. The van der Waals surface area contributed by atoms with Crippen molar-refractivity contribution in [2.45, 2.75) is 25.7 Å². The van der Waals surface area contributed by atoms with Crippen LogP contribution in [0.15, 0.2) is 18.3 Å². The van der Waals surface area contributed by atoms with E-state index in [0.29, 0.717) is 5.92 Å². The highest BCUT2D eigenvalue weighted by Gasteiger charge is 2.18. The van der Waals surface area contributed by atoms with Crippen LogP contribution < -0.4 is 5.32 Å². The van der Waals surface area contributed by atoms with Crippen molar-refractivity contribution in [3.63, 3.8) is 0 Å². The van der Waals surface area contributed by atoms with Crippen molar-refractivity contribution in [1.82, 2.24) is 15.3 Å². The lowest BCUT2D eigenvalue weighted by atomic mass is 9.92. The molecule has 1 aliphatic rings. The average molecular weight is 215 g/mol. The topological polar surface area (TPSA) is 40.7 Å². The Morgan fingerprint density at radius 3 is 3.12 bits per heavy atom. The van der Waals surface area contributed by atoms with Crippen molar-refractivity contribution in [3.8, 4) is 0 Å². The predicted molar refractivity (Wildman–Crippen MR) is 65.7 cm³/mol. The molecule has 0 aromatic carbocycles. The molecule has 0 aliphatic carbocycles. The SMILES string of the molecule is Cc1ccc2c(C3CCCNC3)c[nH]c2n1. The molecule has 1 saturated heterocycles. The maximum absolute atomic E-state index is 4.52. The van der Waals surface area contributed by atoms with Crippen molar-refractivity contribution in [3.05, 3.63) is 29.6 Å². The van der Waals surface area contributed by atoms with Gasteiger partial charge in [0.25, 0.3) is 0 Å². The Bertz CT molecular complexity index is 495. The number of nitrogens with zero attached hydrogens (tertiary/aromatic N) is 1. The molecule has 3 heteroatoms. The zero-order valence-electron chi connectivity index (χ0n) is 9.59. The maximum Gasteiger partial charge on any atom is 0.137 e. The second-order valence-electron chi connectivity index (χ2n) is 4.64. The van der Waals surface area contributed by atoms with Crippen LogP contribution in [0.4, 0.5) is 0 Å². The Morgan fingerprint density at radius 1 is 1.38 bits per heavy atom. The molecule has 0 saturated carbocycles. The van der Waals surface area contributed by atoms with Gasteiger partial charge < -0.3 is 10.3 Å². The number of hydrogen-bond acceptors (Lipinski definition) is 2. The average Bonchev–Trinajstić information content (AvgIpc) is 2.73. The highest BCUT2D eigenvalue weighted by molar-refractivity contribution is 5.80. The number of nitrogens with one attached hydrogen (secondary N) is 2. The second-order valence-corrected chi connectivity index (χ2v) is 4.64. The first-order valence-corrected chi connectivity index (χ1v) is 6.00. The van der Waals surface area contributed by atoms with Crippen LogP contribution in [-0.2, 0) is 0 Å². The molecular formula is C13H17N3. The summed E-state index contributed by atoms with van der Waals surface area (Å²) in [6, 6.07) is 4.29. The van der Waals surface area contributed by atoms with Gasteiger partial charge >= 0.3 is 0 Å². The predicted octanol–water partition coefficient (Wildman–Crippen LogP) is 2.34. The summed E-state index contributed by atoms with van der Waals surface area (Å²) in [5, 5.41) is 4.76. The molecule has 3 nitrogen and oxygen atoms in total. The van der Waals surface area contributed by atoms with Gasteiger partial charge in [0.2, 0.25) is 0 Å². The van der Waals surface area contributed by atoms with Crippen LogP contribution in [0, 0.1) is 6.92 Å². The molecule has 3 heterocycles. The van der Waals surface area contributed by atoms with E-state index in [9.17, 15) is 0 Å². The molecule has 0 bridgehead atoms. The lowest BCUT2D eigenvalue weighted by Crippen LogP contribution is -2.28. The minimum absolute atomic E-state index is 0.645. The van der Waals surface area contributed by atoms with Crippen molar-refractivity contribution in [2.24, 2.45) is 0 Å². The van der Waals surface area contributed by atoms with E-state index in [1.165, 1.54) is 23.8 Å². The molecule has 1 aliphatic heterocycles. The number of pyridine rings is 1. The van der Waals surface area contributed by atoms with Crippen molar-refractivity contribution >= 4 is 11.0 Å². The van der Waals surface area contributed by atoms with Crippen molar-refractivity contribution in [1.29, 1.82) is 0 Å². The molecule has 2 aromatic heterocycles. The van der Waals surface area contributed by atoms with E-state index in [2.05, 4.69) is 33.6 Å². The summed E-state index contributed by atoms with van der Waals surface area (Å²) in [4.78, 5) is 7.80. The first-order chi connectivity index (χ1) is 7.84. The molecule has 1 atom stereocenters. The third-order valence-corrected chi connectivity index (χ3v) is 3.45. The van der Waals surface area contributed by atoms with Crippen LogP contribution in [-0.4, -0.2) is 23.1 Å². The van der Waals surface area contributed by atoms with Gasteiger partial charge in [-0.05, 0) is 49.9 Å². The summed E-state index contributed by atoms with van der Waals surface area (Å²) in [5.41, 5.74) is 3.53. The van der Waals surface area contributed by atoms with Gasteiger partial charge in [0.15, 0.2) is 0 Å². The summed E-state index contributed by atoms with van der Waals surface area (Å²) in [6.07, 6.45) is 4.69. The molecular weight excluding hydrogens is 198 g/mol. The third kappa shape index (κ3) is 1.61. The van der Waals surface area contributed by atoms with Gasteiger partial charge in [0, 0.05) is 23.8 Å². The molecule has 3 rings (SSSR count). The van der Waals surface area contributed by atoms with Crippen LogP contribution >= 0.6 is 0 Å². The first kappa shape index (κ1) is 9.85. The van der Waals surface area contributed by atoms with E-state index in [1.807, 2.05) is 6.92 Å². The summed E-state index contributed by atoms with van der Waals surface area (Å²) in [7, 11) is 0. The lowest BCUT2D eigenvalue weighted by molar-refractivity contribution is 0.463. The normalized spacial score (nSPS) is 21.4. The number of aromatic amines is 1. The molecule has 2 N–H and O–H groups in total. The fourth-order valence-electron chi connectivity index (χ4n) is 2.58. The van der Waals surface area contributed by atoms with Gasteiger partial charge in [-0.15, -0.1) is 0 Å². The summed E-state index contributed by atoms with van der Waals surface area (Å²) in [6.45, 7) is 4.29. The van der Waals surface area contributed by atoms with Crippen LogP contribution in [0.5, 0.6) is 0 Å². The van der Waals surface area contributed by atoms with Crippen molar-refractivity contribution < 1.29 is 0 Å². The van der Waals surface area contributed by atoms with Gasteiger partial charge in [-0.25, -0.2) is 4.98 Å². The molecule has 1 fully saturated rings. The third-order valence-electron chi connectivity index (χ3n) is 3.45. The van der Waals surface area contributed by atoms with E-state index in [0.717, 1.165) is 24.4 Å². The van der Waals surface area contributed by atoms with Crippen LogP contribution in [0.3, 0.4) is 0 Å². The van der Waals surface area contributed by atoms with Gasteiger partial charge in [0.05, 0.1) is 0 Å². The fraction of sp³-hybridized carbons (Fsp3) is 0.462. The first-order valence-electron chi connectivity index (χ1n) is 6.00. The van der Waals surface area contributed by atoms with E-state index < -0.39 is 0 Å². The van der Waals surface area contributed by atoms with Crippen molar-refractivity contribution in [2.75, 3.05) is 13.1 Å². The van der Waals surface area contributed by atoms with Gasteiger partial charge in [-0.3, -0.25) is 0 Å². The molecule has 0 amide bonds. The summed E-state index contributed by atoms with van der Waals surface area (Å²) >= 11 is 0. The lowest BCUT2D eigenvalue weighted by Gasteiger charge is -2.22. The highest BCUT2D eigenvalue weighted by atomic mass is 14.9. The van der Waals surface area contributed by atoms with E-state index in [4.69, 9.17) is 0 Å². The van der Waals surface area contributed by atoms with Crippen LogP contribution in [0.25, 0.3) is 11.0 Å². The number of aryl methyl sites for hydroxylation is 1. The van der Waals surface area contributed by atoms with Gasteiger partial charge in [0.1, 0.15) is 5.65 Å². The van der Waals surface area contributed by atoms with E-state index in [-0.39, 0.29) is 0 Å². The van der Waals surface area contributed by atoms with Gasteiger partial charge in [-0.2, -0.15) is 0 Å². The zero-order valence-corrected chi connectivity index (χ0v) is 9.59. The Morgan fingerprint density at radius 2 is 2.31 bits per heavy atom. The Balaban J connectivity index is 2.03. The Kier molecular flexibility index (Phi) is 2.40. The Hall–Kier alpha value is -1.35. The number of rotatable bonds is 1.